The monoisotopic (exact) mass is 375 g/mol. The van der Waals surface area contributed by atoms with E-state index in [-0.39, 0.29) is 5.92 Å². The number of halogens is 4. The van der Waals surface area contributed by atoms with Gasteiger partial charge in [-0.05, 0) is 23.5 Å². The second-order valence-corrected chi connectivity index (χ2v) is 7.06. The van der Waals surface area contributed by atoms with Gasteiger partial charge in [0.2, 0.25) is 0 Å². The van der Waals surface area contributed by atoms with Crippen molar-refractivity contribution in [2.75, 3.05) is 0 Å². The molecule has 0 amide bonds. The highest BCUT2D eigenvalue weighted by atomic mass is 32.2. The summed E-state index contributed by atoms with van der Waals surface area (Å²) in [6, 6.07) is 6.61. The molecule has 2 aromatic carbocycles. The highest BCUT2D eigenvalue weighted by molar-refractivity contribution is 7.85. The molecule has 0 aromatic heterocycles. The molecule has 25 heavy (non-hydrogen) atoms. The summed E-state index contributed by atoms with van der Waals surface area (Å²) in [5, 5.41) is 0. The van der Waals surface area contributed by atoms with Crippen molar-refractivity contribution in [2.45, 2.75) is 37.5 Å². The second kappa shape index (κ2) is 7.13. The van der Waals surface area contributed by atoms with Crippen molar-refractivity contribution in [3.8, 4) is 0 Å². The van der Waals surface area contributed by atoms with Gasteiger partial charge < -0.3 is 4.55 Å². The Kier molecular flexibility index (Phi) is 5.53. The van der Waals surface area contributed by atoms with Crippen molar-refractivity contribution in [3.63, 3.8) is 0 Å². The topological polar surface area (TPSA) is 57.2 Å². The Morgan fingerprint density at radius 2 is 1.44 bits per heavy atom. The Morgan fingerprint density at radius 3 is 1.84 bits per heavy atom. The van der Waals surface area contributed by atoms with Crippen molar-refractivity contribution >= 4 is 10.1 Å². The summed E-state index contributed by atoms with van der Waals surface area (Å²) >= 11 is 0. The summed E-state index contributed by atoms with van der Waals surface area (Å²) in [6.07, 6.45) is 0.398. The van der Waals surface area contributed by atoms with Crippen molar-refractivity contribution in [3.05, 3.63) is 64.2 Å². The zero-order chi connectivity index (χ0) is 18.9. The lowest BCUT2D eigenvalue weighted by molar-refractivity contribution is 0.391. The fourth-order valence-corrected chi connectivity index (χ4v) is 3.05. The third kappa shape index (κ3) is 3.85. The minimum absolute atomic E-state index is 0.277. The van der Waals surface area contributed by atoms with Gasteiger partial charge in [-0.2, -0.15) is 0 Å². The first kappa shape index (κ1) is 19.4. The first-order valence-electron chi connectivity index (χ1n) is 7.47. The van der Waals surface area contributed by atoms with E-state index in [0.717, 1.165) is 12.0 Å². The Bertz CT molecular complexity index is 864. The first-order chi connectivity index (χ1) is 11.6. The van der Waals surface area contributed by atoms with E-state index in [1.165, 1.54) is 0 Å². The average Bonchev–Trinajstić information content (AvgIpc) is 2.55. The van der Waals surface area contributed by atoms with Crippen LogP contribution in [-0.4, -0.2) is 13.0 Å². The summed E-state index contributed by atoms with van der Waals surface area (Å²) in [5.74, 6) is -7.92. The third-order valence-corrected chi connectivity index (χ3v) is 4.96. The molecule has 8 heteroatoms. The molecule has 136 valence electrons. The van der Waals surface area contributed by atoms with Crippen LogP contribution in [-0.2, 0) is 16.5 Å². The maximum atomic E-state index is 14.0. The van der Waals surface area contributed by atoms with Crippen molar-refractivity contribution in [1.82, 2.24) is 0 Å². The van der Waals surface area contributed by atoms with Crippen LogP contribution in [0.3, 0.4) is 0 Å². The largest absolute Gasteiger partial charge is 0.744 e. The van der Waals surface area contributed by atoms with Gasteiger partial charge in [-0.3, -0.25) is 0 Å². The molecule has 0 fully saturated rings. The van der Waals surface area contributed by atoms with E-state index >= 15 is 0 Å². The highest BCUT2D eigenvalue weighted by Crippen LogP contribution is 2.29. The van der Waals surface area contributed by atoms with Gasteiger partial charge >= 0.3 is 0 Å². The number of benzene rings is 2. The maximum absolute atomic E-state index is 14.0. The zero-order valence-electron chi connectivity index (χ0n) is 13.4. The van der Waals surface area contributed by atoms with E-state index in [0.29, 0.717) is 5.56 Å². The average molecular weight is 375 g/mol. The highest BCUT2D eigenvalue weighted by Gasteiger charge is 2.28. The Labute approximate surface area is 143 Å². The zero-order valence-corrected chi connectivity index (χ0v) is 14.3. The summed E-state index contributed by atoms with van der Waals surface area (Å²) in [7, 11) is -5.70. The van der Waals surface area contributed by atoms with E-state index in [1.54, 1.807) is 24.3 Å². The van der Waals surface area contributed by atoms with Crippen molar-refractivity contribution in [1.29, 1.82) is 0 Å². The minimum Gasteiger partial charge on any atom is -0.744 e. The van der Waals surface area contributed by atoms with E-state index in [2.05, 4.69) is 0 Å². The van der Waals surface area contributed by atoms with Crippen LogP contribution >= 0.6 is 0 Å². The molecule has 0 saturated carbocycles. The van der Waals surface area contributed by atoms with Crippen LogP contribution < -0.4 is 0 Å². The molecule has 3 nitrogen and oxygen atoms in total. The number of hydrogen-bond acceptors (Lipinski definition) is 3. The first-order valence-corrected chi connectivity index (χ1v) is 8.88. The molecule has 2 aromatic rings. The van der Waals surface area contributed by atoms with Crippen LogP contribution in [0.4, 0.5) is 17.6 Å². The normalized spacial score (nSPS) is 13.1. The summed E-state index contributed by atoms with van der Waals surface area (Å²) in [5.41, 5.74) is 0.400. The summed E-state index contributed by atoms with van der Waals surface area (Å²) in [4.78, 5) is -2.14. The fraction of sp³-hybridized carbons (Fsp3) is 0.294. The lowest BCUT2D eigenvalue weighted by Gasteiger charge is -2.14. The molecule has 1 atom stereocenters. The van der Waals surface area contributed by atoms with Gasteiger partial charge in [-0.25, -0.2) is 26.0 Å². The van der Waals surface area contributed by atoms with Gasteiger partial charge in [-0.15, -0.1) is 0 Å². The van der Waals surface area contributed by atoms with Crippen LogP contribution in [0, 0.1) is 23.3 Å². The molecule has 0 heterocycles. The quantitative estimate of drug-likeness (QED) is 0.446. The SMILES string of the molecule is CCC(C)c1ccc(Cc2c(F)c(F)c(S(=O)(=O)[O-])c(F)c2F)cc1. The van der Waals surface area contributed by atoms with E-state index in [1.807, 2.05) is 13.8 Å². The van der Waals surface area contributed by atoms with E-state index < -0.39 is 50.3 Å². The molecule has 0 N–H and O–H groups in total. The van der Waals surface area contributed by atoms with Gasteiger partial charge in [-0.1, -0.05) is 38.1 Å². The van der Waals surface area contributed by atoms with Crippen LogP contribution in [0.25, 0.3) is 0 Å². The smallest absolute Gasteiger partial charge is 0.179 e. The number of hydrogen-bond donors (Lipinski definition) is 0. The number of rotatable bonds is 5. The van der Waals surface area contributed by atoms with Crippen LogP contribution in [0.2, 0.25) is 0 Å². The van der Waals surface area contributed by atoms with Crippen molar-refractivity contribution < 1.29 is 30.5 Å². The summed E-state index contributed by atoms with van der Waals surface area (Å²) in [6.45, 7) is 4.00. The molecule has 0 aliphatic rings. The fourth-order valence-electron chi connectivity index (χ4n) is 2.44. The molecule has 1 unspecified atom stereocenters. The Balaban J connectivity index is 2.48. The molecular weight excluding hydrogens is 360 g/mol. The minimum atomic E-state index is -5.70. The van der Waals surface area contributed by atoms with Crippen LogP contribution in [0.15, 0.2) is 29.2 Å². The molecule has 0 saturated heterocycles. The lowest BCUT2D eigenvalue weighted by atomic mass is 9.96. The molecule has 0 spiro atoms. The maximum Gasteiger partial charge on any atom is 0.179 e. The predicted octanol–water partition coefficient (Wildman–Crippen LogP) is 4.25. The molecule has 2 rings (SSSR count). The van der Waals surface area contributed by atoms with E-state index in [9.17, 15) is 30.5 Å². The molecular formula is C17H15F4O3S-. The van der Waals surface area contributed by atoms with Gasteiger partial charge in [0.05, 0.1) is 0 Å². The molecule has 0 aliphatic heterocycles. The standard InChI is InChI=1S/C17H16F4O3S/c1-3-9(2)11-6-4-10(5-7-11)8-12-13(18)15(20)17(25(22,23)24)16(21)14(12)19/h4-7,9H,3,8H2,1-2H3,(H,22,23,24)/p-1. The molecule has 0 bridgehead atoms. The van der Waals surface area contributed by atoms with E-state index in [4.69, 9.17) is 0 Å². The summed E-state index contributed by atoms with van der Waals surface area (Å²) < 4.78 is 87.9. The Hall–Kier alpha value is -1.93. The van der Waals surface area contributed by atoms with Gasteiger partial charge in [0.25, 0.3) is 0 Å². The van der Waals surface area contributed by atoms with Gasteiger partial charge in [0.15, 0.2) is 23.3 Å². The lowest BCUT2D eigenvalue weighted by Crippen LogP contribution is -2.13. The van der Waals surface area contributed by atoms with Gasteiger partial charge in [0, 0.05) is 12.0 Å². The Morgan fingerprint density at radius 1 is 0.960 bits per heavy atom. The van der Waals surface area contributed by atoms with Crippen LogP contribution in [0.5, 0.6) is 0 Å². The van der Waals surface area contributed by atoms with Crippen LogP contribution in [0.1, 0.15) is 42.9 Å². The third-order valence-electron chi connectivity index (χ3n) is 4.11. The second-order valence-electron chi connectivity index (χ2n) is 5.75. The van der Waals surface area contributed by atoms with Gasteiger partial charge in [0.1, 0.15) is 15.0 Å². The molecule has 0 radical (unpaired) electrons. The predicted molar refractivity (Wildman–Crippen MR) is 82.2 cm³/mol. The molecule has 0 aliphatic carbocycles. The van der Waals surface area contributed by atoms with Crippen molar-refractivity contribution in [2.24, 2.45) is 0 Å².